The van der Waals surface area contributed by atoms with E-state index in [4.69, 9.17) is 4.74 Å². The van der Waals surface area contributed by atoms with E-state index in [1.807, 2.05) is 27.7 Å². The van der Waals surface area contributed by atoms with Crippen molar-refractivity contribution in [3.05, 3.63) is 18.0 Å². The molecule has 1 fully saturated rings. The van der Waals surface area contributed by atoms with Gasteiger partial charge in [0.25, 0.3) is 0 Å². The van der Waals surface area contributed by atoms with E-state index in [0.717, 1.165) is 5.69 Å². The predicted octanol–water partition coefficient (Wildman–Crippen LogP) is 1.90. The summed E-state index contributed by atoms with van der Waals surface area (Å²) in [7, 11) is -1.30. The second-order valence-electron chi connectivity index (χ2n) is 6.12. The summed E-state index contributed by atoms with van der Waals surface area (Å²) in [6, 6.07) is 1.77. The number of ether oxygens (including phenoxy) is 1. The first-order chi connectivity index (χ1) is 9.76. The molecule has 1 amide bonds. The maximum absolute atomic E-state index is 12.5. The third-order valence-corrected chi connectivity index (χ3v) is 4.60. The van der Waals surface area contributed by atoms with E-state index < -0.39 is 16.4 Å². The van der Waals surface area contributed by atoms with Crippen molar-refractivity contribution < 1.29 is 13.7 Å². The minimum Gasteiger partial charge on any atom is -0.444 e. The van der Waals surface area contributed by atoms with Gasteiger partial charge in [0.05, 0.1) is 16.0 Å². The van der Waals surface area contributed by atoms with Crippen LogP contribution in [0.1, 0.15) is 32.9 Å². The zero-order valence-electron chi connectivity index (χ0n) is 12.8. The Morgan fingerprint density at radius 3 is 2.81 bits per heavy atom. The van der Waals surface area contributed by atoms with Gasteiger partial charge in [-0.1, -0.05) is 0 Å². The topological polar surface area (TPSA) is 72.4 Å². The van der Waals surface area contributed by atoms with Crippen LogP contribution >= 0.6 is 0 Å². The largest absolute Gasteiger partial charge is 0.444 e. The van der Waals surface area contributed by atoms with Crippen molar-refractivity contribution in [3.63, 3.8) is 0 Å². The van der Waals surface area contributed by atoms with Crippen LogP contribution in [0.4, 0.5) is 4.79 Å². The summed E-state index contributed by atoms with van der Waals surface area (Å²) in [5.74, 6) is 0. The number of rotatable bonds is 2. The number of carbonyl (C=O) groups is 1. The fraction of sp³-hybridized carbons (Fsp3) is 0.643. The molecule has 1 aliphatic rings. The third-order valence-electron chi connectivity index (χ3n) is 3.05. The predicted molar refractivity (Wildman–Crippen MR) is 79.4 cm³/mol. The summed E-state index contributed by atoms with van der Waals surface area (Å²) in [5, 5.41) is 0.199. The number of hydrogen-bond acceptors (Lipinski definition) is 5. The second-order valence-corrected chi connectivity index (χ2v) is 7.74. The van der Waals surface area contributed by atoms with Crippen molar-refractivity contribution in [3.8, 4) is 0 Å². The molecular weight excluding hydrogens is 290 g/mol. The monoisotopic (exact) mass is 311 g/mol. The van der Waals surface area contributed by atoms with Crippen LogP contribution in [-0.2, 0) is 15.5 Å². The van der Waals surface area contributed by atoms with Crippen LogP contribution in [0.2, 0.25) is 0 Å². The van der Waals surface area contributed by atoms with Gasteiger partial charge in [-0.25, -0.2) is 14.8 Å². The Balaban J connectivity index is 1.99. The lowest BCUT2D eigenvalue weighted by atomic mass is 10.2. The van der Waals surface area contributed by atoms with E-state index in [0.29, 0.717) is 24.7 Å². The Hall–Kier alpha value is -1.50. The van der Waals surface area contributed by atoms with Gasteiger partial charge in [0.2, 0.25) is 5.16 Å². The molecule has 0 aromatic carbocycles. The van der Waals surface area contributed by atoms with Gasteiger partial charge in [-0.15, -0.1) is 0 Å². The van der Waals surface area contributed by atoms with Gasteiger partial charge in [0.1, 0.15) is 5.60 Å². The average molecular weight is 311 g/mol. The molecule has 1 aromatic rings. The van der Waals surface area contributed by atoms with Crippen LogP contribution in [-0.4, -0.2) is 49.1 Å². The molecule has 1 aromatic heterocycles. The summed E-state index contributed by atoms with van der Waals surface area (Å²) in [4.78, 5) is 21.9. The minimum atomic E-state index is -1.30. The number of carbonyl (C=O) groups excluding carboxylic acids is 1. The number of amides is 1. The highest BCUT2D eigenvalue weighted by molar-refractivity contribution is 7.85. The molecular formula is C14H21N3O3S. The summed E-state index contributed by atoms with van der Waals surface area (Å²) < 4.78 is 17.8. The Bertz CT molecular complexity index is 557. The summed E-state index contributed by atoms with van der Waals surface area (Å²) in [5.41, 5.74) is 0.267. The van der Waals surface area contributed by atoms with E-state index in [-0.39, 0.29) is 11.3 Å². The molecule has 2 rings (SSSR count). The molecule has 0 spiro atoms. The number of hydrogen-bond donors (Lipinski definition) is 0. The lowest BCUT2D eigenvalue weighted by Gasteiger charge is -2.24. The molecule has 0 aliphatic carbocycles. The SMILES string of the molecule is Cc1ccnc(S(=O)[C@H]2CCN(C(=O)OC(C)(C)C)C2)n1. The quantitative estimate of drug-likeness (QED) is 0.780. The Kier molecular flexibility index (Phi) is 4.61. The van der Waals surface area contributed by atoms with Gasteiger partial charge in [0, 0.05) is 25.0 Å². The first-order valence-corrected chi connectivity index (χ1v) is 8.16. The van der Waals surface area contributed by atoms with Crippen LogP contribution in [0, 0.1) is 6.92 Å². The van der Waals surface area contributed by atoms with E-state index in [1.54, 1.807) is 17.2 Å². The Labute approximate surface area is 127 Å². The molecule has 0 bridgehead atoms. The molecule has 21 heavy (non-hydrogen) atoms. The molecule has 116 valence electrons. The number of aryl methyl sites for hydroxylation is 1. The van der Waals surface area contributed by atoms with Gasteiger partial charge < -0.3 is 9.64 Å². The normalized spacial score (nSPS) is 20.4. The van der Waals surface area contributed by atoms with Crippen molar-refractivity contribution >= 4 is 16.9 Å². The Morgan fingerprint density at radius 1 is 1.48 bits per heavy atom. The zero-order chi connectivity index (χ0) is 15.6. The Morgan fingerprint density at radius 2 is 2.19 bits per heavy atom. The fourth-order valence-electron chi connectivity index (χ4n) is 2.07. The molecule has 6 nitrogen and oxygen atoms in total. The van der Waals surface area contributed by atoms with E-state index in [1.165, 1.54) is 0 Å². The summed E-state index contributed by atoms with van der Waals surface area (Å²) in [6.45, 7) is 8.30. The van der Waals surface area contributed by atoms with Gasteiger partial charge in [-0.05, 0) is 40.2 Å². The molecule has 1 saturated heterocycles. The first kappa shape index (κ1) is 15.9. The standard InChI is InChI=1S/C14H21N3O3S/c1-10-5-7-15-12(16-10)21(19)11-6-8-17(9-11)13(18)20-14(2,3)4/h5,7,11H,6,8-9H2,1-4H3/t11-,21?/m0/s1. The van der Waals surface area contributed by atoms with Crippen LogP contribution in [0.3, 0.4) is 0 Å². The van der Waals surface area contributed by atoms with Crippen molar-refractivity contribution in [1.82, 2.24) is 14.9 Å². The van der Waals surface area contributed by atoms with E-state index in [2.05, 4.69) is 9.97 Å². The van der Waals surface area contributed by atoms with Crippen molar-refractivity contribution in [2.75, 3.05) is 13.1 Å². The second kappa shape index (κ2) is 6.09. The molecule has 0 N–H and O–H groups in total. The lowest BCUT2D eigenvalue weighted by Crippen LogP contribution is -2.36. The molecule has 1 aliphatic heterocycles. The third kappa shape index (κ3) is 4.23. The molecule has 1 unspecified atom stereocenters. The van der Waals surface area contributed by atoms with Gasteiger partial charge in [-0.2, -0.15) is 0 Å². The maximum atomic E-state index is 12.5. The highest BCUT2D eigenvalue weighted by atomic mass is 32.2. The van der Waals surface area contributed by atoms with E-state index in [9.17, 15) is 9.00 Å². The molecule has 2 heterocycles. The molecule has 2 atom stereocenters. The van der Waals surface area contributed by atoms with Crippen LogP contribution in [0.5, 0.6) is 0 Å². The highest BCUT2D eigenvalue weighted by Gasteiger charge is 2.34. The molecule has 0 saturated carbocycles. The average Bonchev–Trinajstić information content (AvgIpc) is 2.85. The molecule has 0 radical (unpaired) electrons. The van der Waals surface area contributed by atoms with Gasteiger partial charge in [-0.3, -0.25) is 4.21 Å². The number of aromatic nitrogens is 2. The van der Waals surface area contributed by atoms with Crippen LogP contribution in [0.25, 0.3) is 0 Å². The van der Waals surface area contributed by atoms with Crippen molar-refractivity contribution in [2.24, 2.45) is 0 Å². The molecule has 7 heteroatoms. The lowest BCUT2D eigenvalue weighted by molar-refractivity contribution is 0.0295. The van der Waals surface area contributed by atoms with Crippen molar-refractivity contribution in [1.29, 1.82) is 0 Å². The van der Waals surface area contributed by atoms with Crippen LogP contribution in [0.15, 0.2) is 17.4 Å². The maximum Gasteiger partial charge on any atom is 0.410 e. The number of likely N-dealkylation sites (tertiary alicyclic amines) is 1. The smallest absolute Gasteiger partial charge is 0.410 e. The van der Waals surface area contributed by atoms with Gasteiger partial charge >= 0.3 is 6.09 Å². The minimum absolute atomic E-state index is 0.140. The van der Waals surface area contributed by atoms with Gasteiger partial charge in [0.15, 0.2) is 0 Å². The van der Waals surface area contributed by atoms with E-state index >= 15 is 0 Å². The summed E-state index contributed by atoms with van der Waals surface area (Å²) >= 11 is 0. The van der Waals surface area contributed by atoms with Crippen molar-refractivity contribution in [2.45, 2.75) is 50.1 Å². The number of nitrogens with zero attached hydrogens (tertiary/aromatic N) is 3. The highest BCUT2D eigenvalue weighted by Crippen LogP contribution is 2.20. The first-order valence-electron chi connectivity index (χ1n) is 6.94. The van der Waals surface area contributed by atoms with Crippen LogP contribution < -0.4 is 0 Å². The summed E-state index contributed by atoms with van der Waals surface area (Å²) in [6.07, 6.45) is 1.92. The zero-order valence-corrected chi connectivity index (χ0v) is 13.6. The fourth-order valence-corrected chi connectivity index (χ4v) is 3.40.